The minimum absolute atomic E-state index is 0.0296. The Morgan fingerprint density at radius 1 is 1.41 bits per heavy atom. The highest BCUT2D eigenvalue weighted by molar-refractivity contribution is 9.10. The maximum absolute atomic E-state index is 11.9. The van der Waals surface area contributed by atoms with Crippen LogP contribution >= 0.6 is 15.9 Å². The van der Waals surface area contributed by atoms with Gasteiger partial charge in [0.2, 0.25) is 0 Å². The van der Waals surface area contributed by atoms with Gasteiger partial charge in [-0.2, -0.15) is 5.26 Å². The van der Waals surface area contributed by atoms with Gasteiger partial charge in [0.25, 0.3) is 5.91 Å². The Bertz CT molecular complexity index is 633. The van der Waals surface area contributed by atoms with Crippen molar-refractivity contribution in [3.05, 3.63) is 28.2 Å². The van der Waals surface area contributed by atoms with Crippen LogP contribution in [0.15, 0.2) is 22.7 Å². The number of halogens is 1. The van der Waals surface area contributed by atoms with Gasteiger partial charge in [-0.25, -0.2) is 4.79 Å². The van der Waals surface area contributed by atoms with Crippen LogP contribution in [-0.2, 0) is 9.53 Å². The average molecular weight is 367 g/mol. The number of phenols is 1. The molecule has 116 valence electrons. The third-order valence-electron chi connectivity index (χ3n) is 3.56. The highest BCUT2D eigenvalue weighted by atomic mass is 79.9. The molecule has 1 amide bonds. The van der Waals surface area contributed by atoms with Gasteiger partial charge >= 0.3 is 5.97 Å². The fourth-order valence-corrected chi connectivity index (χ4v) is 2.79. The summed E-state index contributed by atoms with van der Waals surface area (Å²) in [6, 6.07) is 6.46. The molecule has 7 heteroatoms. The molecule has 0 heterocycles. The van der Waals surface area contributed by atoms with Crippen molar-refractivity contribution in [1.29, 1.82) is 5.26 Å². The van der Waals surface area contributed by atoms with E-state index in [1.54, 1.807) is 6.07 Å². The van der Waals surface area contributed by atoms with Crippen molar-refractivity contribution in [2.24, 2.45) is 0 Å². The average Bonchev–Trinajstić information content (AvgIpc) is 2.96. The zero-order valence-electron chi connectivity index (χ0n) is 11.8. The van der Waals surface area contributed by atoms with E-state index in [0.717, 1.165) is 12.8 Å². The number of phenolic OH excluding ortho intramolecular Hbond substituents is 1. The molecule has 1 aliphatic rings. The quantitative estimate of drug-likeness (QED) is 0.796. The molecule has 1 aliphatic carbocycles. The fourth-order valence-electron chi connectivity index (χ4n) is 2.43. The van der Waals surface area contributed by atoms with Gasteiger partial charge in [-0.1, -0.05) is 15.9 Å². The van der Waals surface area contributed by atoms with Gasteiger partial charge < -0.3 is 15.2 Å². The van der Waals surface area contributed by atoms with E-state index in [2.05, 4.69) is 27.3 Å². The molecule has 2 rings (SSSR count). The standard InChI is InChI=1S/C15H15BrN2O4/c16-10-3-4-12(19)11(7-10)14(21)22-8-13(20)18-15(9-17)5-1-2-6-15/h3-4,7,19H,1-2,5-6,8H2,(H,18,20). The SMILES string of the molecule is N#CC1(NC(=O)COC(=O)c2cc(Br)ccc2O)CCCC1. The molecule has 0 saturated heterocycles. The molecular weight excluding hydrogens is 352 g/mol. The number of nitrogens with one attached hydrogen (secondary N) is 1. The molecule has 0 spiro atoms. The number of carbonyl (C=O) groups is 2. The van der Waals surface area contributed by atoms with Gasteiger partial charge in [0.1, 0.15) is 16.9 Å². The van der Waals surface area contributed by atoms with Crippen LogP contribution in [0.1, 0.15) is 36.0 Å². The summed E-state index contributed by atoms with van der Waals surface area (Å²) in [6.45, 7) is -0.492. The maximum Gasteiger partial charge on any atom is 0.342 e. The first-order chi connectivity index (χ1) is 10.5. The Morgan fingerprint density at radius 2 is 2.09 bits per heavy atom. The fraction of sp³-hybridized carbons (Fsp3) is 0.400. The van der Waals surface area contributed by atoms with Crippen molar-refractivity contribution in [3.8, 4) is 11.8 Å². The molecule has 0 aliphatic heterocycles. The number of benzene rings is 1. The van der Waals surface area contributed by atoms with Crippen LogP contribution in [0.5, 0.6) is 5.75 Å². The van der Waals surface area contributed by atoms with Gasteiger partial charge in [0.15, 0.2) is 6.61 Å². The lowest BCUT2D eigenvalue weighted by atomic mass is 10.00. The number of hydrogen-bond donors (Lipinski definition) is 2. The smallest absolute Gasteiger partial charge is 0.342 e. The first-order valence-corrected chi connectivity index (χ1v) is 7.63. The summed E-state index contributed by atoms with van der Waals surface area (Å²) in [7, 11) is 0. The van der Waals surface area contributed by atoms with E-state index >= 15 is 0 Å². The summed E-state index contributed by atoms with van der Waals surface area (Å²) in [5.74, 6) is -1.55. The van der Waals surface area contributed by atoms with E-state index in [1.807, 2.05) is 0 Å². The van der Waals surface area contributed by atoms with Crippen LogP contribution in [0.2, 0.25) is 0 Å². The van der Waals surface area contributed by atoms with E-state index < -0.39 is 24.0 Å². The minimum Gasteiger partial charge on any atom is -0.507 e. The Kier molecular flexibility index (Phi) is 5.03. The van der Waals surface area contributed by atoms with Crippen LogP contribution in [0, 0.1) is 11.3 Å². The van der Waals surface area contributed by atoms with Crippen molar-refractivity contribution < 1.29 is 19.4 Å². The third-order valence-corrected chi connectivity index (χ3v) is 4.06. The summed E-state index contributed by atoms with van der Waals surface area (Å²) in [5.41, 5.74) is -0.875. The lowest BCUT2D eigenvalue weighted by Crippen LogP contribution is -2.46. The summed E-state index contributed by atoms with van der Waals surface area (Å²) in [6.07, 6.45) is 2.99. The Hall–Kier alpha value is -2.07. The van der Waals surface area contributed by atoms with E-state index in [4.69, 9.17) is 4.74 Å². The van der Waals surface area contributed by atoms with E-state index in [1.165, 1.54) is 12.1 Å². The first-order valence-electron chi connectivity index (χ1n) is 6.84. The number of nitriles is 1. The van der Waals surface area contributed by atoms with Crippen molar-refractivity contribution >= 4 is 27.8 Å². The number of nitrogens with zero attached hydrogens (tertiary/aromatic N) is 1. The second-order valence-corrected chi connectivity index (χ2v) is 6.10. The Balaban J connectivity index is 1.92. The molecule has 0 atom stereocenters. The maximum atomic E-state index is 11.9. The first kappa shape index (κ1) is 16.3. The summed E-state index contributed by atoms with van der Waals surface area (Å²) < 4.78 is 5.49. The van der Waals surface area contributed by atoms with Crippen LogP contribution in [-0.4, -0.2) is 29.1 Å². The van der Waals surface area contributed by atoms with Crippen molar-refractivity contribution in [2.75, 3.05) is 6.61 Å². The summed E-state index contributed by atoms with van der Waals surface area (Å²) in [5, 5.41) is 21.4. The summed E-state index contributed by atoms with van der Waals surface area (Å²) in [4.78, 5) is 23.7. The number of ether oxygens (including phenoxy) is 1. The molecule has 2 N–H and O–H groups in total. The van der Waals surface area contributed by atoms with Crippen molar-refractivity contribution in [2.45, 2.75) is 31.2 Å². The number of hydrogen-bond acceptors (Lipinski definition) is 5. The highest BCUT2D eigenvalue weighted by Crippen LogP contribution is 2.28. The monoisotopic (exact) mass is 366 g/mol. The largest absolute Gasteiger partial charge is 0.507 e. The van der Waals surface area contributed by atoms with Crippen LogP contribution in [0.4, 0.5) is 0 Å². The summed E-state index contributed by atoms with van der Waals surface area (Å²) >= 11 is 3.19. The Morgan fingerprint density at radius 3 is 2.73 bits per heavy atom. The molecule has 1 aromatic rings. The molecule has 0 aromatic heterocycles. The predicted octanol–water partition coefficient (Wildman–Crippen LogP) is 2.26. The van der Waals surface area contributed by atoms with Gasteiger partial charge in [-0.3, -0.25) is 4.79 Å². The Labute approximate surface area is 136 Å². The van der Waals surface area contributed by atoms with Gasteiger partial charge in [0.05, 0.1) is 6.07 Å². The number of rotatable bonds is 4. The van der Waals surface area contributed by atoms with Crippen molar-refractivity contribution in [3.63, 3.8) is 0 Å². The molecule has 0 radical (unpaired) electrons. The topological polar surface area (TPSA) is 99.4 Å². The van der Waals surface area contributed by atoms with Crippen LogP contribution in [0.25, 0.3) is 0 Å². The normalized spacial score (nSPS) is 15.8. The molecule has 22 heavy (non-hydrogen) atoms. The van der Waals surface area contributed by atoms with Gasteiger partial charge in [-0.05, 0) is 43.9 Å². The minimum atomic E-state index is -0.846. The van der Waals surface area contributed by atoms with E-state index in [9.17, 15) is 20.0 Å². The van der Waals surface area contributed by atoms with Gasteiger partial charge in [-0.15, -0.1) is 0 Å². The molecule has 0 bridgehead atoms. The van der Waals surface area contributed by atoms with E-state index in [-0.39, 0.29) is 11.3 Å². The molecule has 1 aromatic carbocycles. The van der Waals surface area contributed by atoms with Crippen molar-refractivity contribution in [1.82, 2.24) is 5.32 Å². The predicted molar refractivity (Wildman–Crippen MR) is 81.0 cm³/mol. The number of aromatic hydroxyl groups is 1. The third kappa shape index (κ3) is 3.77. The highest BCUT2D eigenvalue weighted by Gasteiger charge is 2.35. The molecule has 1 saturated carbocycles. The second-order valence-electron chi connectivity index (χ2n) is 5.19. The molecule has 0 unspecified atom stereocenters. The van der Waals surface area contributed by atoms with Gasteiger partial charge in [0, 0.05) is 4.47 Å². The molecule has 1 fully saturated rings. The molecular formula is C15H15BrN2O4. The zero-order chi connectivity index (χ0) is 16.2. The zero-order valence-corrected chi connectivity index (χ0v) is 13.4. The lowest BCUT2D eigenvalue weighted by molar-refractivity contribution is -0.125. The lowest BCUT2D eigenvalue weighted by Gasteiger charge is -2.21. The van der Waals surface area contributed by atoms with E-state index in [0.29, 0.717) is 17.3 Å². The van der Waals surface area contributed by atoms with Crippen LogP contribution in [0.3, 0.4) is 0 Å². The van der Waals surface area contributed by atoms with Crippen LogP contribution < -0.4 is 5.32 Å². The number of esters is 1. The molecule has 6 nitrogen and oxygen atoms in total. The number of amides is 1. The number of carbonyl (C=O) groups excluding carboxylic acids is 2. The second kappa shape index (κ2) is 6.79.